The van der Waals surface area contributed by atoms with Crippen LogP contribution in [0.25, 0.3) is 0 Å². The zero-order valence-corrected chi connectivity index (χ0v) is 10.3. The second kappa shape index (κ2) is 4.52. The van der Waals surface area contributed by atoms with Crippen molar-refractivity contribution in [3.8, 4) is 11.5 Å². The Balaban J connectivity index is 2.22. The van der Waals surface area contributed by atoms with Crippen LogP contribution >= 0.6 is 0 Å². The lowest BCUT2D eigenvalue weighted by Crippen LogP contribution is -2.30. The summed E-state index contributed by atoms with van der Waals surface area (Å²) in [6.45, 7) is 0.253. The first-order chi connectivity index (χ1) is 9.58. The summed E-state index contributed by atoms with van der Waals surface area (Å²) in [7, 11) is 0. The van der Waals surface area contributed by atoms with Gasteiger partial charge < -0.3 is 14.8 Å². The highest BCUT2D eigenvalue weighted by atomic mass is 19.1. The highest BCUT2D eigenvalue weighted by Gasteiger charge is 2.29. The topological polar surface area (TPSA) is 95.2 Å². The Bertz CT molecular complexity index is 781. The number of nitrogens with one attached hydrogen (secondary N) is 2. The lowest BCUT2D eigenvalue weighted by atomic mass is 9.89. The van der Waals surface area contributed by atoms with Gasteiger partial charge in [-0.3, -0.25) is 9.78 Å². The predicted molar refractivity (Wildman–Crippen MR) is 67.7 cm³/mol. The molecule has 1 aliphatic heterocycles. The van der Waals surface area contributed by atoms with Crippen LogP contribution in [-0.4, -0.2) is 21.7 Å². The molecule has 1 aromatic carbocycles. The minimum absolute atomic E-state index is 0.0557. The zero-order chi connectivity index (χ0) is 14.3. The molecule has 20 heavy (non-hydrogen) atoms. The maximum absolute atomic E-state index is 13.9. The van der Waals surface area contributed by atoms with Crippen molar-refractivity contribution >= 4 is 0 Å². The number of phenolic OH excluding ortho intramolecular Hbond substituents is 1. The number of benzene rings is 1. The average molecular weight is 278 g/mol. The van der Waals surface area contributed by atoms with Gasteiger partial charge in [0.05, 0.1) is 12.3 Å². The molecule has 2 aromatic rings. The molecule has 0 spiro atoms. The molecule has 104 valence electrons. The third-order valence-electron chi connectivity index (χ3n) is 3.31. The van der Waals surface area contributed by atoms with Crippen LogP contribution in [0.5, 0.6) is 11.5 Å². The average Bonchev–Trinajstić information content (AvgIpc) is 2.43. The fraction of sp³-hybridized carbons (Fsp3) is 0.231. The number of aromatic hydroxyl groups is 1. The van der Waals surface area contributed by atoms with Crippen molar-refractivity contribution in [3.63, 3.8) is 0 Å². The minimum Gasteiger partial charge on any atom is -0.504 e. The normalized spacial score (nSPS) is 17.4. The molecule has 7 heteroatoms. The molecule has 0 fully saturated rings. The molecular formula is C13H11FN2O4. The molecule has 3 rings (SSSR count). The molecule has 6 nitrogen and oxygen atoms in total. The van der Waals surface area contributed by atoms with E-state index in [4.69, 9.17) is 4.74 Å². The third kappa shape index (κ3) is 1.87. The number of hydrogen-bond acceptors (Lipinski definition) is 4. The van der Waals surface area contributed by atoms with Crippen molar-refractivity contribution in [3.05, 3.63) is 56.1 Å². The van der Waals surface area contributed by atoms with Crippen molar-refractivity contribution in [2.45, 2.75) is 12.3 Å². The number of para-hydroxylation sites is 1. The number of aromatic nitrogens is 2. The van der Waals surface area contributed by atoms with E-state index in [1.54, 1.807) is 12.1 Å². The van der Waals surface area contributed by atoms with Crippen LogP contribution in [0.2, 0.25) is 0 Å². The fourth-order valence-electron chi connectivity index (χ4n) is 2.44. The summed E-state index contributed by atoms with van der Waals surface area (Å²) >= 11 is 0. The van der Waals surface area contributed by atoms with Crippen LogP contribution in [-0.2, 0) is 0 Å². The zero-order valence-electron chi connectivity index (χ0n) is 10.3. The van der Waals surface area contributed by atoms with E-state index in [-0.39, 0.29) is 23.8 Å². The fourth-order valence-corrected chi connectivity index (χ4v) is 2.44. The monoisotopic (exact) mass is 278 g/mol. The van der Waals surface area contributed by atoms with Crippen LogP contribution in [0.4, 0.5) is 4.39 Å². The molecule has 1 aromatic heterocycles. The summed E-state index contributed by atoms with van der Waals surface area (Å²) in [6.07, 6.45) is 0.396. The van der Waals surface area contributed by atoms with Gasteiger partial charge in [-0.05, 0) is 12.5 Å². The lowest BCUT2D eigenvalue weighted by molar-refractivity contribution is 0.260. The smallest absolute Gasteiger partial charge is 0.326 e. The second-order valence-electron chi connectivity index (χ2n) is 4.52. The van der Waals surface area contributed by atoms with Gasteiger partial charge in [0, 0.05) is 11.5 Å². The van der Waals surface area contributed by atoms with Crippen LogP contribution in [0, 0.1) is 5.82 Å². The number of hydrogen-bond donors (Lipinski definition) is 3. The van der Waals surface area contributed by atoms with Crippen molar-refractivity contribution in [1.29, 1.82) is 0 Å². The Morgan fingerprint density at radius 3 is 2.90 bits per heavy atom. The van der Waals surface area contributed by atoms with Gasteiger partial charge in [-0.25, -0.2) is 4.79 Å². The van der Waals surface area contributed by atoms with Crippen LogP contribution in [0.3, 0.4) is 0 Å². The van der Waals surface area contributed by atoms with Crippen LogP contribution in [0.15, 0.2) is 27.8 Å². The van der Waals surface area contributed by atoms with Gasteiger partial charge in [0.15, 0.2) is 11.5 Å². The van der Waals surface area contributed by atoms with Gasteiger partial charge >= 0.3 is 5.69 Å². The molecule has 0 bridgehead atoms. The first-order valence-electron chi connectivity index (χ1n) is 6.04. The quantitative estimate of drug-likeness (QED) is 0.719. The number of rotatable bonds is 1. The molecule has 1 atom stereocenters. The van der Waals surface area contributed by atoms with Crippen LogP contribution < -0.4 is 16.0 Å². The minimum atomic E-state index is -1.06. The summed E-state index contributed by atoms with van der Waals surface area (Å²) in [6, 6.07) is 4.72. The molecule has 3 N–H and O–H groups in total. The maximum atomic E-state index is 13.9. The van der Waals surface area contributed by atoms with Crippen LogP contribution in [0.1, 0.15) is 23.6 Å². The SMILES string of the molecule is O=c1[nH]c(C2CCOc3c(O)cccc32)c(F)c(=O)[nH]1. The number of phenols is 1. The van der Waals surface area contributed by atoms with Crippen molar-refractivity contribution in [2.75, 3.05) is 6.61 Å². The largest absolute Gasteiger partial charge is 0.504 e. The summed E-state index contributed by atoms with van der Waals surface area (Å²) in [5.74, 6) is -1.37. The number of aromatic amines is 2. The highest BCUT2D eigenvalue weighted by molar-refractivity contribution is 5.50. The van der Waals surface area contributed by atoms with E-state index in [0.29, 0.717) is 12.0 Å². The van der Waals surface area contributed by atoms with Gasteiger partial charge in [-0.15, -0.1) is 0 Å². The Hall–Kier alpha value is -2.57. The Kier molecular flexibility index (Phi) is 2.81. The molecule has 0 amide bonds. The molecular weight excluding hydrogens is 267 g/mol. The molecule has 0 radical (unpaired) electrons. The number of halogens is 1. The second-order valence-corrected chi connectivity index (χ2v) is 4.52. The standard InChI is InChI=1S/C13H11FN2O4/c14-9-10(15-13(19)16-12(9)18)6-4-5-20-11-7(6)2-1-3-8(11)17/h1-3,6,17H,4-5H2,(H2,15,16,18,19). The molecule has 0 aliphatic carbocycles. The molecule has 2 heterocycles. The first-order valence-corrected chi connectivity index (χ1v) is 6.04. The van der Waals surface area contributed by atoms with E-state index >= 15 is 0 Å². The van der Waals surface area contributed by atoms with E-state index in [9.17, 15) is 19.1 Å². The van der Waals surface area contributed by atoms with Gasteiger partial charge in [-0.1, -0.05) is 12.1 Å². The maximum Gasteiger partial charge on any atom is 0.326 e. The van der Waals surface area contributed by atoms with Crippen molar-refractivity contribution < 1.29 is 14.2 Å². The molecule has 0 saturated heterocycles. The number of H-pyrrole nitrogens is 2. The van der Waals surface area contributed by atoms with Crippen molar-refractivity contribution in [2.24, 2.45) is 0 Å². The highest BCUT2D eigenvalue weighted by Crippen LogP contribution is 2.42. The lowest BCUT2D eigenvalue weighted by Gasteiger charge is -2.26. The van der Waals surface area contributed by atoms with E-state index in [1.165, 1.54) is 6.07 Å². The van der Waals surface area contributed by atoms with Gasteiger partial charge in [0.25, 0.3) is 5.56 Å². The first kappa shape index (κ1) is 12.5. The van der Waals surface area contributed by atoms with Crippen molar-refractivity contribution in [1.82, 2.24) is 9.97 Å². The summed E-state index contributed by atoms with van der Waals surface area (Å²) < 4.78 is 19.3. The van der Waals surface area contributed by atoms with E-state index in [2.05, 4.69) is 4.98 Å². The van der Waals surface area contributed by atoms with E-state index < -0.39 is 23.0 Å². The molecule has 1 aliphatic rings. The number of fused-ring (bicyclic) bond motifs is 1. The summed E-state index contributed by atoms with van der Waals surface area (Å²) in [5, 5.41) is 9.74. The predicted octanol–water partition coefficient (Wildman–Crippen LogP) is 0.822. The third-order valence-corrected chi connectivity index (χ3v) is 3.31. The Morgan fingerprint density at radius 2 is 2.10 bits per heavy atom. The summed E-state index contributed by atoms with van der Waals surface area (Å²) in [4.78, 5) is 26.8. The number of ether oxygens (including phenoxy) is 1. The Morgan fingerprint density at radius 1 is 1.30 bits per heavy atom. The van der Waals surface area contributed by atoms with Gasteiger partial charge in [-0.2, -0.15) is 4.39 Å². The molecule has 0 saturated carbocycles. The molecule has 1 unspecified atom stereocenters. The van der Waals surface area contributed by atoms with Gasteiger partial charge in [0.2, 0.25) is 5.82 Å². The van der Waals surface area contributed by atoms with E-state index in [1.807, 2.05) is 4.98 Å². The van der Waals surface area contributed by atoms with Gasteiger partial charge in [0.1, 0.15) is 0 Å². The Labute approximate surface area is 111 Å². The van der Waals surface area contributed by atoms with E-state index in [0.717, 1.165) is 0 Å². The summed E-state index contributed by atoms with van der Waals surface area (Å²) in [5.41, 5.74) is -1.37.